The van der Waals surface area contributed by atoms with E-state index in [-0.39, 0.29) is 16.5 Å². The van der Waals surface area contributed by atoms with Crippen molar-refractivity contribution in [1.82, 2.24) is 9.97 Å². The van der Waals surface area contributed by atoms with E-state index in [1.807, 2.05) is 12.1 Å². The Kier molecular flexibility index (Phi) is 3.44. The maximum absolute atomic E-state index is 12.4. The van der Waals surface area contributed by atoms with Crippen LogP contribution in [0.1, 0.15) is 57.7 Å². The number of piperidine rings is 1. The molecule has 1 aliphatic carbocycles. The standard InChI is InChI=1S/C20H24N4O/c1-19(2,3)15-5-4-14-16(23-15)17(13(12-21)18(25)22-14)24-10-8-20(6-7-20)9-11-24/h4-5H,6-11H2,1-3H3,(H,22,25). The lowest BCUT2D eigenvalue weighted by Gasteiger charge is -2.34. The van der Waals surface area contributed by atoms with E-state index in [2.05, 4.69) is 36.7 Å². The number of nitrogens with one attached hydrogen (secondary N) is 1. The van der Waals surface area contributed by atoms with Crippen molar-refractivity contribution in [2.45, 2.75) is 51.9 Å². The van der Waals surface area contributed by atoms with Crippen LogP contribution < -0.4 is 10.5 Å². The zero-order valence-electron chi connectivity index (χ0n) is 15.1. The second-order valence-electron chi connectivity index (χ2n) is 8.62. The number of anilines is 1. The molecule has 0 amide bonds. The summed E-state index contributed by atoms with van der Waals surface area (Å²) in [5, 5.41) is 9.61. The molecule has 2 aromatic rings. The maximum atomic E-state index is 12.4. The SMILES string of the molecule is CC(C)(C)c1ccc2[nH]c(=O)c(C#N)c(N3CCC4(CC3)CC4)c2n1. The number of hydrogen-bond donors (Lipinski definition) is 1. The fraction of sp³-hybridized carbons (Fsp3) is 0.550. The van der Waals surface area contributed by atoms with Crippen LogP contribution in [0.2, 0.25) is 0 Å². The van der Waals surface area contributed by atoms with Gasteiger partial charge in [-0.25, -0.2) is 4.98 Å². The second kappa shape index (κ2) is 5.32. The molecule has 5 nitrogen and oxygen atoms in total. The van der Waals surface area contributed by atoms with Gasteiger partial charge in [-0.1, -0.05) is 20.8 Å². The Morgan fingerprint density at radius 3 is 2.44 bits per heavy atom. The first kappa shape index (κ1) is 16.1. The van der Waals surface area contributed by atoms with Crippen molar-refractivity contribution >= 4 is 16.7 Å². The molecule has 1 N–H and O–H groups in total. The summed E-state index contributed by atoms with van der Waals surface area (Å²) in [7, 11) is 0. The summed E-state index contributed by atoms with van der Waals surface area (Å²) in [5.41, 5.74) is 3.48. The number of hydrogen-bond acceptors (Lipinski definition) is 4. The lowest BCUT2D eigenvalue weighted by molar-refractivity contribution is 0.384. The predicted octanol–water partition coefficient (Wildman–Crippen LogP) is 3.47. The molecule has 1 saturated carbocycles. The summed E-state index contributed by atoms with van der Waals surface area (Å²) in [5.74, 6) is 0. The van der Waals surface area contributed by atoms with Crippen LogP contribution in [0, 0.1) is 16.7 Å². The third-order valence-corrected chi connectivity index (χ3v) is 5.81. The number of nitrogens with zero attached hydrogens (tertiary/aromatic N) is 3. The molecule has 0 unspecified atom stereocenters. The van der Waals surface area contributed by atoms with Crippen LogP contribution in [-0.4, -0.2) is 23.1 Å². The number of rotatable bonds is 1. The van der Waals surface area contributed by atoms with Crippen molar-refractivity contribution in [2.24, 2.45) is 5.41 Å². The minimum Gasteiger partial charge on any atom is -0.368 e. The van der Waals surface area contributed by atoms with Gasteiger partial charge < -0.3 is 9.88 Å². The van der Waals surface area contributed by atoms with Crippen molar-refractivity contribution in [2.75, 3.05) is 18.0 Å². The fourth-order valence-corrected chi connectivity index (χ4v) is 3.86. The smallest absolute Gasteiger partial charge is 0.268 e. The van der Waals surface area contributed by atoms with Crippen LogP contribution in [0.5, 0.6) is 0 Å². The van der Waals surface area contributed by atoms with E-state index in [4.69, 9.17) is 4.98 Å². The number of H-pyrrole nitrogens is 1. The minimum absolute atomic E-state index is 0.0889. The highest BCUT2D eigenvalue weighted by atomic mass is 16.1. The van der Waals surface area contributed by atoms with Gasteiger partial charge in [-0.05, 0) is 43.2 Å². The number of fused-ring (bicyclic) bond motifs is 1. The Morgan fingerprint density at radius 2 is 1.88 bits per heavy atom. The van der Waals surface area contributed by atoms with Crippen LogP contribution in [-0.2, 0) is 5.41 Å². The Hall–Kier alpha value is -2.35. The van der Waals surface area contributed by atoms with Crippen LogP contribution >= 0.6 is 0 Å². The van der Waals surface area contributed by atoms with E-state index in [1.54, 1.807) is 0 Å². The van der Waals surface area contributed by atoms with Crippen LogP contribution in [0.4, 0.5) is 5.69 Å². The lowest BCUT2D eigenvalue weighted by Crippen LogP contribution is -2.36. The monoisotopic (exact) mass is 336 g/mol. The molecular weight excluding hydrogens is 312 g/mol. The van der Waals surface area contributed by atoms with E-state index in [0.717, 1.165) is 42.8 Å². The largest absolute Gasteiger partial charge is 0.368 e. The van der Waals surface area contributed by atoms with E-state index in [9.17, 15) is 10.1 Å². The van der Waals surface area contributed by atoms with Gasteiger partial charge in [0.2, 0.25) is 0 Å². The van der Waals surface area contributed by atoms with Crippen LogP contribution in [0.3, 0.4) is 0 Å². The number of nitriles is 1. The summed E-state index contributed by atoms with van der Waals surface area (Å²) in [6.07, 6.45) is 4.94. The summed E-state index contributed by atoms with van der Waals surface area (Å²) in [4.78, 5) is 22.3. The Bertz CT molecular complexity index is 931. The van der Waals surface area contributed by atoms with Gasteiger partial charge in [0.15, 0.2) is 0 Å². The quantitative estimate of drug-likeness (QED) is 0.865. The number of aromatic nitrogens is 2. The van der Waals surface area contributed by atoms with E-state index < -0.39 is 0 Å². The van der Waals surface area contributed by atoms with Crippen molar-refractivity contribution in [3.8, 4) is 6.07 Å². The molecule has 0 atom stereocenters. The summed E-state index contributed by atoms with van der Waals surface area (Å²) >= 11 is 0. The zero-order valence-corrected chi connectivity index (χ0v) is 15.1. The van der Waals surface area contributed by atoms with Gasteiger partial charge in [0.05, 0.1) is 11.2 Å². The Labute approximate surface area is 147 Å². The molecular formula is C20H24N4O. The van der Waals surface area contributed by atoms with Gasteiger partial charge in [0.25, 0.3) is 5.56 Å². The van der Waals surface area contributed by atoms with E-state index in [1.165, 1.54) is 12.8 Å². The minimum atomic E-state index is -0.318. The van der Waals surface area contributed by atoms with Crippen molar-refractivity contribution in [3.63, 3.8) is 0 Å². The molecule has 130 valence electrons. The van der Waals surface area contributed by atoms with Crippen molar-refractivity contribution in [3.05, 3.63) is 33.7 Å². The third-order valence-electron chi connectivity index (χ3n) is 5.81. The first-order valence-corrected chi connectivity index (χ1v) is 9.06. The van der Waals surface area contributed by atoms with Gasteiger partial charge in [-0.3, -0.25) is 4.79 Å². The molecule has 0 bridgehead atoms. The number of pyridine rings is 2. The third kappa shape index (κ3) is 2.70. The van der Waals surface area contributed by atoms with Crippen molar-refractivity contribution in [1.29, 1.82) is 5.26 Å². The van der Waals surface area contributed by atoms with E-state index in [0.29, 0.717) is 10.9 Å². The lowest BCUT2D eigenvalue weighted by atomic mass is 9.91. The fourth-order valence-electron chi connectivity index (χ4n) is 3.86. The summed E-state index contributed by atoms with van der Waals surface area (Å²) < 4.78 is 0. The topological polar surface area (TPSA) is 72.8 Å². The summed E-state index contributed by atoms with van der Waals surface area (Å²) in [6.45, 7) is 8.16. The van der Waals surface area contributed by atoms with E-state index >= 15 is 0 Å². The number of aromatic amines is 1. The molecule has 0 radical (unpaired) electrons. The second-order valence-corrected chi connectivity index (χ2v) is 8.62. The molecule has 0 aromatic carbocycles. The Morgan fingerprint density at radius 1 is 1.20 bits per heavy atom. The molecule has 5 heteroatoms. The summed E-state index contributed by atoms with van der Waals surface area (Å²) in [6, 6.07) is 6.00. The highest BCUT2D eigenvalue weighted by Crippen LogP contribution is 2.54. The molecule has 25 heavy (non-hydrogen) atoms. The van der Waals surface area contributed by atoms with Gasteiger partial charge >= 0.3 is 0 Å². The highest BCUT2D eigenvalue weighted by Gasteiger charge is 2.45. The molecule has 2 aliphatic rings. The molecule has 1 aliphatic heterocycles. The van der Waals surface area contributed by atoms with Gasteiger partial charge in [-0.2, -0.15) is 5.26 Å². The maximum Gasteiger partial charge on any atom is 0.268 e. The predicted molar refractivity (Wildman–Crippen MR) is 98.9 cm³/mol. The van der Waals surface area contributed by atoms with Crippen molar-refractivity contribution < 1.29 is 0 Å². The molecule has 1 spiro atoms. The van der Waals surface area contributed by atoms with Gasteiger partial charge in [0, 0.05) is 24.2 Å². The van der Waals surface area contributed by atoms with Gasteiger partial charge in [-0.15, -0.1) is 0 Å². The molecule has 2 fully saturated rings. The normalized spacial score (nSPS) is 19.2. The first-order valence-electron chi connectivity index (χ1n) is 9.06. The average molecular weight is 336 g/mol. The van der Waals surface area contributed by atoms with Gasteiger partial charge in [0.1, 0.15) is 17.1 Å². The zero-order chi connectivity index (χ0) is 17.8. The van der Waals surface area contributed by atoms with Crippen LogP contribution in [0.25, 0.3) is 11.0 Å². The average Bonchev–Trinajstić information content (AvgIpc) is 3.32. The molecule has 1 saturated heterocycles. The Balaban J connectivity index is 1.89. The highest BCUT2D eigenvalue weighted by molar-refractivity contribution is 5.91. The molecule has 4 rings (SSSR count). The van der Waals surface area contributed by atoms with Crippen LogP contribution in [0.15, 0.2) is 16.9 Å². The first-order chi connectivity index (χ1) is 11.8. The molecule has 2 aromatic heterocycles. The molecule has 3 heterocycles.